The van der Waals surface area contributed by atoms with Gasteiger partial charge in [0.15, 0.2) is 0 Å². The van der Waals surface area contributed by atoms with Gasteiger partial charge in [-0.2, -0.15) is 0 Å². The highest BCUT2D eigenvalue weighted by atomic mass is 16.5. The van der Waals surface area contributed by atoms with Crippen molar-refractivity contribution in [3.63, 3.8) is 0 Å². The predicted octanol–water partition coefficient (Wildman–Crippen LogP) is 2.80. The summed E-state index contributed by atoms with van der Waals surface area (Å²) in [6.07, 6.45) is 2.23. The Labute approximate surface area is 101 Å². The van der Waals surface area contributed by atoms with Gasteiger partial charge in [0.2, 0.25) is 0 Å². The summed E-state index contributed by atoms with van der Waals surface area (Å²) in [5, 5.41) is 12.8. The van der Waals surface area contributed by atoms with E-state index in [-0.39, 0.29) is 6.61 Å². The summed E-state index contributed by atoms with van der Waals surface area (Å²) < 4.78 is 5.19. The number of benzene rings is 1. The van der Waals surface area contributed by atoms with Crippen LogP contribution in [0.15, 0.2) is 22.9 Å². The molecule has 0 bridgehead atoms. The van der Waals surface area contributed by atoms with Gasteiger partial charge < -0.3 is 9.63 Å². The second-order valence-corrected chi connectivity index (χ2v) is 4.41. The molecule has 2 aromatic rings. The maximum Gasteiger partial charge on any atom is 0.146 e. The molecular weight excluding hydrogens is 214 g/mol. The van der Waals surface area contributed by atoms with Crippen LogP contribution in [0.25, 0.3) is 11.1 Å². The monoisotopic (exact) mass is 231 g/mol. The van der Waals surface area contributed by atoms with Crippen LogP contribution in [0.4, 0.5) is 0 Å². The van der Waals surface area contributed by atoms with Gasteiger partial charge in [0.1, 0.15) is 5.76 Å². The van der Waals surface area contributed by atoms with Crippen molar-refractivity contribution in [3.05, 3.63) is 40.8 Å². The molecule has 1 aromatic heterocycles. The average molecular weight is 231 g/mol. The highest BCUT2D eigenvalue weighted by molar-refractivity contribution is 5.72. The van der Waals surface area contributed by atoms with Gasteiger partial charge in [0.05, 0.1) is 12.8 Å². The Bertz CT molecular complexity index is 506. The molecule has 0 saturated carbocycles. The van der Waals surface area contributed by atoms with E-state index in [1.807, 2.05) is 0 Å². The molecule has 0 unspecified atom stereocenters. The molecule has 2 rings (SSSR count). The number of hydrogen-bond acceptors (Lipinski definition) is 3. The molecule has 0 spiro atoms. The van der Waals surface area contributed by atoms with Crippen molar-refractivity contribution in [1.82, 2.24) is 5.16 Å². The first-order valence-electron chi connectivity index (χ1n) is 5.76. The van der Waals surface area contributed by atoms with E-state index in [1.54, 1.807) is 6.20 Å². The van der Waals surface area contributed by atoms with Gasteiger partial charge in [-0.25, -0.2) is 0 Å². The number of hydrogen-bond donors (Lipinski definition) is 1. The Kier molecular flexibility index (Phi) is 3.29. The van der Waals surface area contributed by atoms with Crippen molar-refractivity contribution in [2.45, 2.75) is 27.2 Å². The fourth-order valence-electron chi connectivity index (χ4n) is 2.35. The largest absolute Gasteiger partial charge is 0.396 e. The summed E-state index contributed by atoms with van der Waals surface area (Å²) in [7, 11) is 0. The Morgan fingerprint density at radius 1 is 1.18 bits per heavy atom. The second kappa shape index (κ2) is 4.72. The zero-order chi connectivity index (χ0) is 12.4. The third-order valence-electron chi connectivity index (χ3n) is 2.93. The fraction of sp³-hybridized carbons (Fsp3) is 0.357. The van der Waals surface area contributed by atoms with Crippen LogP contribution in [0, 0.1) is 20.8 Å². The summed E-state index contributed by atoms with van der Waals surface area (Å²) in [6.45, 7) is 6.34. The first-order valence-corrected chi connectivity index (χ1v) is 5.76. The number of nitrogens with zero attached hydrogens (tertiary/aromatic N) is 1. The van der Waals surface area contributed by atoms with Crippen molar-refractivity contribution < 1.29 is 9.63 Å². The molecule has 90 valence electrons. The van der Waals surface area contributed by atoms with E-state index in [2.05, 4.69) is 38.1 Å². The van der Waals surface area contributed by atoms with Crippen molar-refractivity contribution in [2.75, 3.05) is 6.61 Å². The summed E-state index contributed by atoms with van der Waals surface area (Å²) >= 11 is 0. The number of aliphatic hydroxyl groups excluding tert-OH is 1. The molecule has 1 heterocycles. The Balaban J connectivity index is 2.56. The minimum Gasteiger partial charge on any atom is -0.396 e. The summed E-state index contributed by atoms with van der Waals surface area (Å²) in [4.78, 5) is 0. The van der Waals surface area contributed by atoms with Crippen molar-refractivity contribution in [3.8, 4) is 11.1 Å². The predicted molar refractivity (Wildman–Crippen MR) is 66.9 cm³/mol. The lowest BCUT2D eigenvalue weighted by molar-refractivity contribution is 0.277. The van der Waals surface area contributed by atoms with Crippen molar-refractivity contribution >= 4 is 0 Å². The van der Waals surface area contributed by atoms with Crippen molar-refractivity contribution in [2.24, 2.45) is 0 Å². The zero-order valence-electron chi connectivity index (χ0n) is 10.4. The Morgan fingerprint density at radius 2 is 1.82 bits per heavy atom. The average Bonchev–Trinajstić information content (AvgIpc) is 2.65. The molecule has 0 radical (unpaired) electrons. The normalized spacial score (nSPS) is 10.8. The van der Waals surface area contributed by atoms with Gasteiger partial charge in [-0.15, -0.1) is 0 Å². The molecule has 0 amide bonds. The lowest BCUT2D eigenvalue weighted by Gasteiger charge is -2.10. The summed E-state index contributed by atoms with van der Waals surface area (Å²) in [6, 6.07) is 4.30. The van der Waals surface area contributed by atoms with Gasteiger partial charge in [-0.1, -0.05) is 22.9 Å². The van der Waals surface area contributed by atoms with Gasteiger partial charge in [-0.3, -0.25) is 0 Å². The maximum atomic E-state index is 9.00. The van der Waals surface area contributed by atoms with Gasteiger partial charge in [-0.05, 0) is 37.5 Å². The van der Waals surface area contributed by atoms with E-state index in [0.29, 0.717) is 6.42 Å². The second-order valence-electron chi connectivity index (χ2n) is 4.41. The van der Waals surface area contributed by atoms with Crippen molar-refractivity contribution in [1.29, 1.82) is 0 Å². The molecule has 0 aliphatic heterocycles. The fourth-order valence-corrected chi connectivity index (χ4v) is 2.35. The summed E-state index contributed by atoms with van der Waals surface area (Å²) in [5.41, 5.74) is 5.84. The lowest BCUT2D eigenvalue weighted by Crippen LogP contribution is -1.94. The molecule has 0 aliphatic carbocycles. The van der Waals surface area contributed by atoms with E-state index in [4.69, 9.17) is 9.63 Å². The molecule has 0 saturated heterocycles. The third-order valence-corrected chi connectivity index (χ3v) is 2.93. The van der Waals surface area contributed by atoms with E-state index in [9.17, 15) is 0 Å². The van der Waals surface area contributed by atoms with Gasteiger partial charge >= 0.3 is 0 Å². The number of rotatable bonds is 3. The van der Waals surface area contributed by atoms with E-state index >= 15 is 0 Å². The highest BCUT2D eigenvalue weighted by Crippen LogP contribution is 2.31. The quantitative estimate of drug-likeness (QED) is 0.883. The molecule has 3 heteroatoms. The first kappa shape index (κ1) is 11.9. The van der Waals surface area contributed by atoms with Crippen LogP contribution in [-0.4, -0.2) is 16.9 Å². The number of aryl methyl sites for hydroxylation is 3. The highest BCUT2D eigenvalue weighted by Gasteiger charge is 2.14. The number of aliphatic hydroxyl groups is 1. The van der Waals surface area contributed by atoms with Crippen LogP contribution >= 0.6 is 0 Å². The molecule has 0 atom stereocenters. The molecular formula is C14H17NO2. The van der Waals surface area contributed by atoms with Crippen LogP contribution < -0.4 is 0 Å². The molecule has 3 nitrogen and oxygen atoms in total. The van der Waals surface area contributed by atoms with Crippen LogP contribution in [0.3, 0.4) is 0 Å². The standard InChI is InChI=1S/C14H17NO2/c1-9-6-10(2)14(11(3)7-9)12-8-15-17-13(12)4-5-16/h6-8,16H,4-5H2,1-3H3. The third kappa shape index (κ3) is 2.24. The molecule has 0 aliphatic rings. The minimum atomic E-state index is 0.0755. The van der Waals surface area contributed by atoms with Gasteiger partial charge in [0, 0.05) is 12.0 Å². The summed E-state index contributed by atoms with van der Waals surface area (Å²) in [5.74, 6) is 0.752. The smallest absolute Gasteiger partial charge is 0.146 e. The SMILES string of the molecule is Cc1cc(C)c(-c2cnoc2CCO)c(C)c1. The van der Waals surface area contributed by atoms with Crippen LogP contribution in [0.5, 0.6) is 0 Å². The molecule has 17 heavy (non-hydrogen) atoms. The van der Waals surface area contributed by atoms with E-state index < -0.39 is 0 Å². The zero-order valence-corrected chi connectivity index (χ0v) is 10.4. The molecule has 1 N–H and O–H groups in total. The number of aromatic nitrogens is 1. The Morgan fingerprint density at radius 3 is 2.41 bits per heavy atom. The lowest BCUT2D eigenvalue weighted by atomic mass is 9.94. The van der Waals surface area contributed by atoms with E-state index in [0.717, 1.165) is 11.3 Å². The van der Waals surface area contributed by atoms with Crippen LogP contribution in [0.1, 0.15) is 22.5 Å². The van der Waals surface area contributed by atoms with E-state index in [1.165, 1.54) is 22.3 Å². The molecule has 0 fully saturated rings. The van der Waals surface area contributed by atoms with Crippen LogP contribution in [-0.2, 0) is 6.42 Å². The van der Waals surface area contributed by atoms with Crippen LogP contribution in [0.2, 0.25) is 0 Å². The topological polar surface area (TPSA) is 46.3 Å². The van der Waals surface area contributed by atoms with Gasteiger partial charge in [0.25, 0.3) is 0 Å². The minimum absolute atomic E-state index is 0.0755. The molecule has 1 aromatic carbocycles. The first-order chi connectivity index (χ1) is 8.13. The maximum absolute atomic E-state index is 9.00. The Hall–Kier alpha value is -1.61.